The summed E-state index contributed by atoms with van der Waals surface area (Å²) >= 11 is 0. The lowest BCUT2D eigenvalue weighted by molar-refractivity contribution is -0.141. The monoisotopic (exact) mass is 406 g/mol. The van der Waals surface area contributed by atoms with Gasteiger partial charge in [-0.3, -0.25) is 0 Å². The lowest BCUT2D eigenvalue weighted by atomic mass is 9.82. The molecule has 0 heterocycles. The van der Waals surface area contributed by atoms with Gasteiger partial charge in [0.15, 0.2) is 0 Å². The van der Waals surface area contributed by atoms with Crippen LogP contribution in [0, 0.1) is 11.7 Å². The SMILES string of the molecule is CCCC1C=CC(c2ccc(-c3ccc(OCC)c(C(F)(F)F)c3F)cc2)CC1. The van der Waals surface area contributed by atoms with Crippen molar-refractivity contribution in [2.75, 3.05) is 6.61 Å². The van der Waals surface area contributed by atoms with E-state index in [1.54, 1.807) is 19.1 Å². The molecule has 0 aliphatic heterocycles. The maximum Gasteiger partial charge on any atom is 0.422 e. The molecule has 0 saturated carbocycles. The highest BCUT2D eigenvalue weighted by atomic mass is 19.4. The Morgan fingerprint density at radius 2 is 1.69 bits per heavy atom. The maximum atomic E-state index is 14.8. The summed E-state index contributed by atoms with van der Waals surface area (Å²) in [4.78, 5) is 0. The van der Waals surface area contributed by atoms with Crippen LogP contribution in [0.5, 0.6) is 5.75 Å². The number of alkyl halides is 3. The second-order valence-corrected chi connectivity index (χ2v) is 7.47. The average Bonchev–Trinajstić information content (AvgIpc) is 2.68. The molecule has 1 aliphatic carbocycles. The molecule has 0 fully saturated rings. The van der Waals surface area contributed by atoms with E-state index in [0.717, 1.165) is 18.4 Å². The van der Waals surface area contributed by atoms with Gasteiger partial charge in [0.05, 0.1) is 6.61 Å². The number of allylic oxidation sites excluding steroid dienone is 2. The largest absolute Gasteiger partial charge is 0.493 e. The van der Waals surface area contributed by atoms with Crippen LogP contribution in [0.3, 0.4) is 0 Å². The molecule has 0 saturated heterocycles. The molecule has 1 aliphatic rings. The van der Waals surface area contributed by atoms with E-state index in [-0.39, 0.29) is 12.2 Å². The summed E-state index contributed by atoms with van der Waals surface area (Å²) in [5, 5.41) is 0. The van der Waals surface area contributed by atoms with E-state index in [0.29, 0.717) is 17.4 Å². The van der Waals surface area contributed by atoms with Crippen LogP contribution in [0.25, 0.3) is 11.1 Å². The third-order valence-corrected chi connectivity index (χ3v) is 5.46. The zero-order valence-corrected chi connectivity index (χ0v) is 16.7. The standard InChI is InChI=1S/C24H26F4O/c1-3-5-16-6-8-17(9-7-16)18-10-12-19(13-11-18)20-14-15-21(29-4-2)22(23(20)25)24(26,27)28/h6,8,10-17H,3-5,7,9H2,1-2H3. The van der Waals surface area contributed by atoms with Crippen LogP contribution in [0.15, 0.2) is 48.6 Å². The molecular formula is C24H26F4O. The molecule has 5 heteroatoms. The summed E-state index contributed by atoms with van der Waals surface area (Å²) in [6.45, 7) is 3.78. The van der Waals surface area contributed by atoms with Crippen molar-refractivity contribution in [2.45, 2.75) is 51.6 Å². The maximum absolute atomic E-state index is 14.8. The topological polar surface area (TPSA) is 9.23 Å². The Hall–Kier alpha value is -2.30. The minimum absolute atomic E-state index is 0.0323. The Balaban J connectivity index is 1.88. The van der Waals surface area contributed by atoms with E-state index in [9.17, 15) is 17.6 Å². The van der Waals surface area contributed by atoms with E-state index in [1.165, 1.54) is 25.0 Å². The van der Waals surface area contributed by atoms with Gasteiger partial charge in [0, 0.05) is 11.5 Å². The van der Waals surface area contributed by atoms with Crippen molar-refractivity contribution in [3.8, 4) is 16.9 Å². The van der Waals surface area contributed by atoms with Crippen molar-refractivity contribution < 1.29 is 22.3 Å². The molecule has 29 heavy (non-hydrogen) atoms. The quantitative estimate of drug-likeness (QED) is 0.352. The molecule has 2 aromatic carbocycles. The number of benzene rings is 2. The zero-order valence-electron chi connectivity index (χ0n) is 16.7. The van der Waals surface area contributed by atoms with E-state index >= 15 is 0 Å². The first kappa shape index (κ1) is 21.4. The van der Waals surface area contributed by atoms with Gasteiger partial charge in [-0.1, -0.05) is 49.8 Å². The van der Waals surface area contributed by atoms with Gasteiger partial charge < -0.3 is 4.74 Å². The highest BCUT2D eigenvalue weighted by Gasteiger charge is 2.39. The van der Waals surface area contributed by atoms with E-state index in [2.05, 4.69) is 19.1 Å². The average molecular weight is 406 g/mol. The third-order valence-electron chi connectivity index (χ3n) is 5.46. The van der Waals surface area contributed by atoms with Crippen molar-refractivity contribution in [1.82, 2.24) is 0 Å². The van der Waals surface area contributed by atoms with Crippen molar-refractivity contribution in [3.63, 3.8) is 0 Å². The van der Waals surface area contributed by atoms with Crippen LogP contribution in [0.4, 0.5) is 17.6 Å². The minimum Gasteiger partial charge on any atom is -0.493 e. The molecule has 0 amide bonds. The predicted molar refractivity (Wildman–Crippen MR) is 108 cm³/mol. The summed E-state index contributed by atoms with van der Waals surface area (Å²) in [6, 6.07) is 9.69. The zero-order chi connectivity index (χ0) is 21.0. The van der Waals surface area contributed by atoms with Crippen LogP contribution < -0.4 is 4.74 Å². The summed E-state index contributed by atoms with van der Waals surface area (Å²) in [5.74, 6) is -0.842. The lowest BCUT2D eigenvalue weighted by Crippen LogP contribution is -2.12. The predicted octanol–water partition coefficient (Wildman–Crippen LogP) is 7.76. The van der Waals surface area contributed by atoms with Crippen LogP contribution in [0.1, 0.15) is 56.6 Å². The second kappa shape index (κ2) is 9.02. The molecule has 3 rings (SSSR count). The van der Waals surface area contributed by atoms with Gasteiger partial charge in [-0.05, 0) is 55.4 Å². The Morgan fingerprint density at radius 1 is 0.966 bits per heavy atom. The van der Waals surface area contributed by atoms with Gasteiger partial charge in [-0.25, -0.2) is 4.39 Å². The van der Waals surface area contributed by atoms with Gasteiger partial charge in [-0.2, -0.15) is 13.2 Å². The molecule has 2 atom stereocenters. The normalized spacial score (nSPS) is 19.4. The molecule has 1 nitrogen and oxygen atoms in total. The van der Waals surface area contributed by atoms with E-state index < -0.39 is 23.3 Å². The fourth-order valence-corrected chi connectivity index (χ4v) is 4.00. The first-order valence-electron chi connectivity index (χ1n) is 10.2. The molecule has 2 aromatic rings. The van der Waals surface area contributed by atoms with Crippen LogP contribution in [-0.2, 0) is 6.18 Å². The number of rotatable bonds is 6. The van der Waals surface area contributed by atoms with Crippen molar-refractivity contribution in [1.29, 1.82) is 0 Å². The first-order valence-corrected chi connectivity index (χ1v) is 10.2. The van der Waals surface area contributed by atoms with Gasteiger partial charge in [0.2, 0.25) is 0 Å². The molecule has 0 aromatic heterocycles. The number of hydrogen-bond acceptors (Lipinski definition) is 1. The minimum atomic E-state index is -4.83. The Kier molecular flexibility index (Phi) is 6.66. The molecule has 0 spiro atoms. The number of hydrogen-bond donors (Lipinski definition) is 0. The van der Waals surface area contributed by atoms with Crippen molar-refractivity contribution in [2.24, 2.45) is 5.92 Å². The molecular weight excluding hydrogens is 380 g/mol. The Labute approximate surface area is 169 Å². The lowest BCUT2D eigenvalue weighted by Gasteiger charge is -2.23. The third kappa shape index (κ3) is 4.82. The van der Waals surface area contributed by atoms with Crippen LogP contribution in [0.2, 0.25) is 0 Å². The number of halogens is 4. The molecule has 0 bridgehead atoms. The van der Waals surface area contributed by atoms with Gasteiger partial charge in [-0.15, -0.1) is 0 Å². The summed E-state index contributed by atoms with van der Waals surface area (Å²) < 4.78 is 60.0. The van der Waals surface area contributed by atoms with Crippen molar-refractivity contribution >= 4 is 0 Å². The van der Waals surface area contributed by atoms with Gasteiger partial charge in [0.25, 0.3) is 0 Å². The molecule has 156 valence electrons. The van der Waals surface area contributed by atoms with Gasteiger partial charge in [0.1, 0.15) is 17.1 Å². The Morgan fingerprint density at radius 3 is 2.24 bits per heavy atom. The first-order chi connectivity index (χ1) is 13.8. The summed E-state index contributed by atoms with van der Waals surface area (Å²) in [5.41, 5.74) is 0.0958. The van der Waals surface area contributed by atoms with Crippen LogP contribution in [-0.4, -0.2) is 6.61 Å². The summed E-state index contributed by atoms with van der Waals surface area (Å²) in [6.07, 6.45) is 4.22. The molecule has 2 unspecified atom stereocenters. The smallest absolute Gasteiger partial charge is 0.422 e. The number of ether oxygens (including phenoxy) is 1. The molecule has 0 N–H and O–H groups in total. The fourth-order valence-electron chi connectivity index (χ4n) is 4.00. The van der Waals surface area contributed by atoms with Gasteiger partial charge >= 0.3 is 6.18 Å². The molecule has 0 radical (unpaired) electrons. The van der Waals surface area contributed by atoms with E-state index in [4.69, 9.17) is 4.74 Å². The highest BCUT2D eigenvalue weighted by Crippen LogP contribution is 2.42. The Bertz CT molecular complexity index is 852. The summed E-state index contributed by atoms with van der Waals surface area (Å²) in [7, 11) is 0. The van der Waals surface area contributed by atoms with Crippen molar-refractivity contribution in [3.05, 3.63) is 65.5 Å². The van der Waals surface area contributed by atoms with Crippen LogP contribution >= 0.6 is 0 Å². The highest BCUT2D eigenvalue weighted by molar-refractivity contribution is 5.67. The second-order valence-electron chi connectivity index (χ2n) is 7.47. The fraction of sp³-hybridized carbons (Fsp3) is 0.417. The van der Waals surface area contributed by atoms with E-state index in [1.807, 2.05) is 12.1 Å².